The third-order valence-corrected chi connectivity index (χ3v) is 3.67. The molecule has 1 aliphatic rings. The molecule has 0 amide bonds. The van der Waals surface area contributed by atoms with Crippen molar-refractivity contribution in [2.75, 3.05) is 23.4 Å². The van der Waals surface area contributed by atoms with E-state index in [1.54, 1.807) is 0 Å². The van der Waals surface area contributed by atoms with Crippen LogP contribution < -0.4 is 10.1 Å². The lowest BCUT2D eigenvalue weighted by Crippen LogP contribution is -2.24. The number of pyridine rings is 1. The summed E-state index contributed by atoms with van der Waals surface area (Å²) in [5, 5.41) is 3.52. The van der Waals surface area contributed by atoms with E-state index in [1.807, 2.05) is 37.0 Å². The van der Waals surface area contributed by atoms with Crippen molar-refractivity contribution in [2.45, 2.75) is 25.8 Å². The van der Waals surface area contributed by atoms with Crippen LogP contribution in [0.25, 0.3) is 0 Å². The first-order valence-electron chi connectivity index (χ1n) is 5.81. The molecule has 1 aliphatic heterocycles. The van der Waals surface area contributed by atoms with E-state index >= 15 is 0 Å². The van der Waals surface area contributed by atoms with Crippen molar-refractivity contribution in [1.82, 2.24) is 4.98 Å². The van der Waals surface area contributed by atoms with Crippen molar-refractivity contribution < 1.29 is 4.74 Å². The van der Waals surface area contributed by atoms with Gasteiger partial charge >= 0.3 is 0 Å². The highest BCUT2D eigenvalue weighted by atomic mass is 32.2. The van der Waals surface area contributed by atoms with Crippen LogP contribution in [0.4, 0.5) is 5.69 Å². The van der Waals surface area contributed by atoms with Crippen LogP contribution in [-0.2, 0) is 0 Å². The summed E-state index contributed by atoms with van der Waals surface area (Å²) in [6.45, 7) is 2.63. The Kier molecular flexibility index (Phi) is 4.34. The Bertz CT molecular complexity index is 309. The number of thioether (sulfide) groups is 1. The first-order chi connectivity index (χ1) is 7.88. The number of hydrogen-bond donors (Lipinski definition) is 1. The lowest BCUT2D eigenvalue weighted by molar-refractivity contribution is 0.327. The van der Waals surface area contributed by atoms with E-state index in [1.165, 1.54) is 24.3 Å². The molecule has 0 bridgehead atoms. The predicted octanol–water partition coefficient (Wildman–Crippen LogP) is 2.79. The first-order valence-corrected chi connectivity index (χ1v) is 6.97. The Morgan fingerprint density at radius 1 is 1.44 bits per heavy atom. The molecule has 88 valence electrons. The zero-order valence-corrected chi connectivity index (χ0v) is 10.4. The smallest absolute Gasteiger partial charge is 0.213 e. The molecule has 2 rings (SSSR count). The van der Waals surface area contributed by atoms with Crippen molar-refractivity contribution in [2.24, 2.45) is 0 Å². The number of ether oxygens (including phenoxy) is 1. The monoisotopic (exact) mass is 238 g/mol. The number of rotatable bonds is 4. The molecular weight excluding hydrogens is 220 g/mol. The Hall–Kier alpha value is -0.900. The Morgan fingerprint density at radius 2 is 2.25 bits per heavy atom. The van der Waals surface area contributed by atoms with Crippen LogP contribution in [0.1, 0.15) is 19.8 Å². The summed E-state index contributed by atoms with van der Waals surface area (Å²) < 4.78 is 5.31. The van der Waals surface area contributed by atoms with E-state index in [-0.39, 0.29) is 0 Å². The van der Waals surface area contributed by atoms with Gasteiger partial charge in [-0.05, 0) is 37.3 Å². The van der Waals surface area contributed by atoms with Gasteiger partial charge in [0.2, 0.25) is 5.88 Å². The average molecular weight is 238 g/mol. The fraction of sp³-hybridized carbons (Fsp3) is 0.583. The van der Waals surface area contributed by atoms with Gasteiger partial charge in [-0.15, -0.1) is 0 Å². The molecule has 1 aromatic heterocycles. The second kappa shape index (κ2) is 5.99. The summed E-state index contributed by atoms with van der Waals surface area (Å²) >= 11 is 2.04. The van der Waals surface area contributed by atoms with E-state index in [2.05, 4.69) is 10.3 Å². The van der Waals surface area contributed by atoms with Crippen LogP contribution in [0.15, 0.2) is 18.3 Å². The minimum absolute atomic E-state index is 0.612. The molecule has 0 saturated carbocycles. The number of aromatic nitrogens is 1. The molecule has 1 aromatic rings. The molecule has 16 heavy (non-hydrogen) atoms. The number of nitrogens with zero attached hydrogens (tertiary/aromatic N) is 1. The Balaban J connectivity index is 1.88. The van der Waals surface area contributed by atoms with Gasteiger partial charge in [0, 0.05) is 12.1 Å². The van der Waals surface area contributed by atoms with Gasteiger partial charge in [-0.3, -0.25) is 0 Å². The summed E-state index contributed by atoms with van der Waals surface area (Å²) in [6.07, 6.45) is 4.35. The average Bonchev–Trinajstić information content (AvgIpc) is 2.33. The molecule has 0 spiro atoms. The van der Waals surface area contributed by atoms with Crippen molar-refractivity contribution in [3.63, 3.8) is 0 Å². The Morgan fingerprint density at radius 3 is 2.88 bits per heavy atom. The molecule has 4 heteroatoms. The van der Waals surface area contributed by atoms with E-state index in [9.17, 15) is 0 Å². The van der Waals surface area contributed by atoms with Crippen LogP contribution in [0, 0.1) is 0 Å². The highest BCUT2D eigenvalue weighted by Gasteiger charge is 2.13. The standard InChI is InChI=1S/C12H18N2OS/c1-2-15-12-4-3-11(9-13-12)14-10-5-7-16-8-6-10/h3-4,9-10,14H,2,5-8H2,1H3. The molecule has 0 aromatic carbocycles. The lowest BCUT2D eigenvalue weighted by Gasteiger charge is -2.23. The van der Waals surface area contributed by atoms with Crippen molar-refractivity contribution in [3.8, 4) is 5.88 Å². The number of nitrogens with one attached hydrogen (secondary N) is 1. The highest BCUT2D eigenvalue weighted by molar-refractivity contribution is 7.99. The number of hydrogen-bond acceptors (Lipinski definition) is 4. The lowest BCUT2D eigenvalue weighted by atomic mass is 10.1. The van der Waals surface area contributed by atoms with Crippen LogP contribution in [0.5, 0.6) is 5.88 Å². The molecule has 0 unspecified atom stereocenters. The topological polar surface area (TPSA) is 34.1 Å². The molecule has 1 fully saturated rings. The van der Waals surface area contributed by atoms with Gasteiger partial charge in [-0.1, -0.05) is 0 Å². The van der Waals surface area contributed by atoms with Crippen molar-refractivity contribution >= 4 is 17.4 Å². The van der Waals surface area contributed by atoms with Crippen molar-refractivity contribution in [3.05, 3.63) is 18.3 Å². The van der Waals surface area contributed by atoms with Crippen molar-refractivity contribution in [1.29, 1.82) is 0 Å². The minimum Gasteiger partial charge on any atom is -0.478 e. The van der Waals surface area contributed by atoms with E-state index in [0.717, 1.165) is 5.69 Å². The largest absolute Gasteiger partial charge is 0.478 e. The molecule has 0 radical (unpaired) electrons. The maximum absolute atomic E-state index is 5.31. The zero-order valence-electron chi connectivity index (χ0n) is 9.61. The minimum atomic E-state index is 0.612. The molecular formula is C12H18N2OS. The van der Waals surface area contributed by atoms with Crippen LogP contribution in [0.2, 0.25) is 0 Å². The summed E-state index contributed by atoms with van der Waals surface area (Å²) in [5.74, 6) is 3.23. The summed E-state index contributed by atoms with van der Waals surface area (Å²) in [4.78, 5) is 4.24. The van der Waals surface area contributed by atoms with Crippen LogP contribution in [0.3, 0.4) is 0 Å². The maximum Gasteiger partial charge on any atom is 0.213 e. The quantitative estimate of drug-likeness (QED) is 0.874. The summed E-state index contributed by atoms with van der Waals surface area (Å²) in [6, 6.07) is 4.57. The molecule has 0 atom stereocenters. The number of anilines is 1. The second-order valence-electron chi connectivity index (χ2n) is 3.85. The van der Waals surface area contributed by atoms with Gasteiger partial charge in [0.25, 0.3) is 0 Å². The van der Waals surface area contributed by atoms with Gasteiger partial charge in [-0.25, -0.2) is 4.98 Å². The van der Waals surface area contributed by atoms with E-state index < -0.39 is 0 Å². The highest BCUT2D eigenvalue weighted by Crippen LogP contribution is 2.21. The van der Waals surface area contributed by atoms with Gasteiger partial charge in [0.15, 0.2) is 0 Å². The zero-order chi connectivity index (χ0) is 11.2. The predicted molar refractivity (Wildman–Crippen MR) is 69.4 cm³/mol. The van der Waals surface area contributed by atoms with E-state index in [4.69, 9.17) is 4.74 Å². The van der Waals surface area contributed by atoms with Crippen LogP contribution in [-0.4, -0.2) is 29.1 Å². The molecule has 0 aliphatic carbocycles. The maximum atomic E-state index is 5.31. The summed E-state index contributed by atoms with van der Waals surface area (Å²) in [5.41, 5.74) is 1.10. The second-order valence-corrected chi connectivity index (χ2v) is 5.07. The third kappa shape index (κ3) is 3.30. The fourth-order valence-corrected chi connectivity index (χ4v) is 2.88. The summed E-state index contributed by atoms with van der Waals surface area (Å²) in [7, 11) is 0. The Labute approximate surface area is 101 Å². The molecule has 3 nitrogen and oxygen atoms in total. The molecule has 1 saturated heterocycles. The normalized spacial score (nSPS) is 17.1. The van der Waals surface area contributed by atoms with Gasteiger partial charge < -0.3 is 10.1 Å². The molecule has 1 N–H and O–H groups in total. The van der Waals surface area contributed by atoms with Crippen LogP contribution >= 0.6 is 11.8 Å². The SMILES string of the molecule is CCOc1ccc(NC2CCSCC2)cn1. The fourth-order valence-electron chi connectivity index (χ4n) is 1.78. The first kappa shape index (κ1) is 11.6. The van der Waals surface area contributed by atoms with Gasteiger partial charge in [-0.2, -0.15) is 11.8 Å². The van der Waals surface area contributed by atoms with Gasteiger partial charge in [0.1, 0.15) is 0 Å². The van der Waals surface area contributed by atoms with Gasteiger partial charge in [0.05, 0.1) is 18.5 Å². The van der Waals surface area contributed by atoms with E-state index in [0.29, 0.717) is 18.5 Å². The molecule has 2 heterocycles. The third-order valence-electron chi connectivity index (χ3n) is 2.62.